The summed E-state index contributed by atoms with van der Waals surface area (Å²) in [5, 5.41) is 0.202. The van der Waals surface area contributed by atoms with Crippen LogP contribution in [-0.2, 0) is 17.2 Å². The van der Waals surface area contributed by atoms with Gasteiger partial charge in [-0.3, -0.25) is 4.21 Å². The Labute approximate surface area is 113 Å². The van der Waals surface area contributed by atoms with Crippen LogP contribution < -0.4 is 5.73 Å². The molecule has 18 heavy (non-hydrogen) atoms. The molecule has 2 N–H and O–H groups in total. The molecule has 4 unspecified atom stereocenters. The number of benzene rings is 1. The van der Waals surface area contributed by atoms with Crippen molar-refractivity contribution in [3.8, 4) is 0 Å². The molecule has 3 heteroatoms. The van der Waals surface area contributed by atoms with Gasteiger partial charge < -0.3 is 5.73 Å². The third-order valence-corrected chi connectivity index (χ3v) is 5.77. The van der Waals surface area contributed by atoms with E-state index in [0.717, 1.165) is 18.4 Å². The smallest absolute Gasteiger partial charge is 0.0515 e. The highest BCUT2D eigenvalue weighted by molar-refractivity contribution is 7.86. The van der Waals surface area contributed by atoms with E-state index in [0.29, 0.717) is 0 Å². The summed E-state index contributed by atoms with van der Waals surface area (Å²) in [7, 11) is -0.872. The summed E-state index contributed by atoms with van der Waals surface area (Å²) in [5.74, 6) is 0. The van der Waals surface area contributed by atoms with Crippen LogP contribution in [0.3, 0.4) is 0 Å². The van der Waals surface area contributed by atoms with E-state index in [9.17, 15) is 4.21 Å². The minimum atomic E-state index is -0.872. The second-order valence-electron chi connectivity index (χ2n) is 4.87. The Morgan fingerprint density at radius 2 is 1.72 bits per heavy atom. The normalized spacial score (nSPS) is 18.1. The number of aryl methyl sites for hydroxylation is 1. The van der Waals surface area contributed by atoms with Gasteiger partial charge in [0.15, 0.2) is 0 Å². The van der Waals surface area contributed by atoms with E-state index in [1.54, 1.807) is 0 Å². The Morgan fingerprint density at radius 1 is 1.17 bits per heavy atom. The molecule has 0 amide bonds. The molecule has 0 radical (unpaired) electrons. The predicted octanol–water partition coefficient (Wildman–Crippen LogP) is 3.18. The zero-order chi connectivity index (χ0) is 13.7. The third-order valence-electron chi connectivity index (χ3n) is 3.62. The van der Waals surface area contributed by atoms with Crippen molar-refractivity contribution in [2.45, 2.75) is 57.1 Å². The van der Waals surface area contributed by atoms with E-state index < -0.39 is 10.8 Å². The van der Waals surface area contributed by atoms with E-state index in [-0.39, 0.29) is 16.5 Å². The highest BCUT2D eigenvalue weighted by Crippen LogP contribution is 2.21. The summed E-state index contributed by atoms with van der Waals surface area (Å²) < 4.78 is 12.2. The molecule has 1 rings (SSSR count). The van der Waals surface area contributed by atoms with Crippen molar-refractivity contribution >= 4 is 10.8 Å². The zero-order valence-electron chi connectivity index (χ0n) is 11.8. The summed E-state index contributed by atoms with van der Waals surface area (Å²) in [6.07, 6.45) is 1.96. The van der Waals surface area contributed by atoms with Gasteiger partial charge in [0, 0.05) is 22.1 Å². The maximum Gasteiger partial charge on any atom is 0.0515 e. The van der Waals surface area contributed by atoms with Crippen molar-refractivity contribution in [3.05, 3.63) is 35.4 Å². The maximum absolute atomic E-state index is 12.2. The molecule has 1 aromatic rings. The predicted molar refractivity (Wildman–Crippen MR) is 80.1 cm³/mol. The van der Waals surface area contributed by atoms with Crippen molar-refractivity contribution < 1.29 is 4.21 Å². The lowest BCUT2D eigenvalue weighted by Crippen LogP contribution is -2.31. The minimum Gasteiger partial charge on any atom is -0.323 e. The second-order valence-corrected chi connectivity index (χ2v) is 7.08. The summed E-state index contributed by atoms with van der Waals surface area (Å²) in [4.78, 5) is 0. The quantitative estimate of drug-likeness (QED) is 0.860. The SMILES string of the molecule is CCc1ccc(C(N)C(C)S(=O)C(C)CC)cc1. The average molecular weight is 267 g/mol. The fourth-order valence-electron chi connectivity index (χ4n) is 1.92. The van der Waals surface area contributed by atoms with Gasteiger partial charge in [-0.15, -0.1) is 0 Å². The van der Waals surface area contributed by atoms with Gasteiger partial charge >= 0.3 is 0 Å². The number of nitrogens with two attached hydrogens (primary N) is 1. The van der Waals surface area contributed by atoms with Gasteiger partial charge in [0.2, 0.25) is 0 Å². The molecule has 0 aromatic heterocycles. The van der Waals surface area contributed by atoms with Crippen molar-refractivity contribution in [2.24, 2.45) is 5.73 Å². The van der Waals surface area contributed by atoms with Crippen LogP contribution in [0.15, 0.2) is 24.3 Å². The zero-order valence-corrected chi connectivity index (χ0v) is 12.7. The van der Waals surface area contributed by atoms with Gasteiger partial charge in [-0.1, -0.05) is 45.0 Å². The first-order valence-corrected chi connectivity index (χ1v) is 8.02. The number of hydrogen-bond acceptors (Lipinski definition) is 2. The molecular formula is C15H25NOS. The molecule has 0 bridgehead atoms. The summed E-state index contributed by atoms with van der Waals surface area (Å²) in [6, 6.07) is 8.19. The largest absolute Gasteiger partial charge is 0.323 e. The molecule has 0 aliphatic rings. The Hall–Kier alpha value is -0.670. The fourth-order valence-corrected chi connectivity index (χ4v) is 3.43. The van der Waals surface area contributed by atoms with Crippen LogP contribution in [0.2, 0.25) is 0 Å². The molecule has 0 saturated heterocycles. The van der Waals surface area contributed by atoms with E-state index in [1.165, 1.54) is 5.56 Å². The highest BCUT2D eigenvalue weighted by atomic mass is 32.2. The van der Waals surface area contributed by atoms with Gasteiger partial charge in [-0.25, -0.2) is 0 Å². The molecule has 0 spiro atoms. The molecule has 0 saturated carbocycles. The molecule has 102 valence electrons. The van der Waals surface area contributed by atoms with E-state index >= 15 is 0 Å². The number of rotatable bonds is 6. The van der Waals surface area contributed by atoms with E-state index in [1.807, 2.05) is 13.8 Å². The van der Waals surface area contributed by atoms with E-state index in [2.05, 4.69) is 38.1 Å². The Kier molecular flexibility index (Phi) is 6.03. The third kappa shape index (κ3) is 3.66. The van der Waals surface area contributed by atoms with Crippen molar-refractivity contribution in [1.82, 2.24) is 0 Å². The van der Waals surface area contributed by atoms with Crippen LogP contribution in [-0.4, -0.2) is 14.7 Å². The number of hydrogen-bond donors (Lipinski definition) is 1. The lowest BCUT2D eigenvalue weighted by Gasteiger charge is -2.23. The monoisotopic (exact) mass is 267 g/mol. The first-order chi connectivity index (χ1) is 8.51. The van der Waals surface area contributed by atoms with Crippen LogP contribution in [0.5, 0.6) is 0 Å². The molecule has 0 heterocycles. The lowest BCUT2D eigenvalue weighted by atomic mass is 10.0. The Morgan fingerprint density at radius 3 is 2.17 bits per heavy atom. The van der Waals surface area contributed by atoms with Crippen LogP contribution in [0.1, 0.15) is 51.3 Å². The highest BCUT2D eigenvalue weighted by Gasteiger charge is 2.23. The van der Waals surface area contributed by atoms with Gasteiger partial charge in [0.05, 0.1) is 5.25 Å². The molecule has 0 fully saturated rings. The molecule has 0 aliphatic heterocycles. The first kappa shape index (κ1) is 15.4. The molecular weight excluding hydrogens is 242 g/mol. The van der Waals surface area contributed by atoms with Crippen molar-refractivity contribution in [3.63, 3.8) is 0 Å². The van der Waals surface area contributed by atoms with Crippen LogP contribution in [0, 0.1) is 0 Å². The van der Waals surface area contributed by atoms with E-state index in [4.69, 9.17) is 5.73 Å². The van der Waals surface area contributed by atoms with Gasteiger partial charge in [-0.2, -0.15) is 0 Å². The first-order valence-electron chi connectivity index (χ1n) is 6.75. The molecule has 1 aromatic carbocycles. The molecule has 2 nitrogen and oxygen atoms in total. The van der Waals surface area contributed by atoms with Crippen molar-refractivity contribution in [1.29, 1.82) is 0 Å². The molecule has 0 aliphatic carbocycles. The topological polar surface area (TPSA) is 43.1 Å². The van der Waals surface area contributed by atoms with Crippen LogP contribution in [0.25, 0.3) is 0 Å². The molecule has 4 atom stereocenters. The van der Waals surface area contributed by atoms with Gasteiger partial charge in [0.25, 0.3) is 0 Å². The standard InChI is InChI=1S/C15H25NOS/c1-5-11(3)18(17)12(4)15(16)14-9-7-13(6-2)8-10-14/h7-12,15H,5-6,16H2,1-4H3. The summed E-state index contributed by atoms with van der Waals surface area (Å²) >= 11 is 0. The van der Waals surface area contributed by atoms with Gasteiger partial charge in [-0.05, 0) is 30.9 Å². The lowest BCUT2D eigenvalue weighted by molar-refractivity contribution is 0.630. The Balaban J connectivity index is 2.79. The Bertz CT molecular complexity index is 388. The average Bonchev–Trinajstić information content (AvgIpc) is 2.44. The van der Waals surface area contributed by atoms with Crippen molar-refractivity contribution in [2.75, 3.05) is 0 Å². The van der Waals surface area contributed by atoms with Crippen LogP contribution >= 0.6 is 0 Å². The minimum absolute atomic E-state index is 0.00701. The van der Waals surface area contributed by atoms with Crippen LogP contribution in [0.4, 0.5) is 0 Å². The summed E-state index contributed by atoms with van der Waals surface area (Å²) in [6.45, 7) is 8.21. The second kappa shape index (κ2) is 7.05. The summed E-state index contributed by atoms with van der Waals surface area (Å²) in [5.41, 5.74) is 8.62. The fraction of sp³-hybridized carbons (Fsp3) is 0.600. The van der Waals surface area contributed by atoms with Gasteiger partial charge in [0.1, 0.15) is 0 Å². The maximum atomic E-state index is 12.2.